The van der Waals surface area contributed by atoms with Crippen LogP contribution in [0.4, 0.5) is 11.4 Å². The maximum absolute atomic E-state index is 11.0. The van der Waals surface area contributed by atoms with Crippen molar-refractivity contribution < 1.29 is 9.90 Å². The highest BCUT2D eigenvalue weighted by atomic mass is 16.4. The standard InChI is InChI=1S/C24H32N2O2/c1-15(2)26-12-11-24(5,6)21-14-20(16(3)13-22(21)26)17(4)25-19-9-7-18(8-10-19)23(27)28/h7-10,13-15,17,25H,11-12H2,1-6H3,(H,27,28). The minimum absolute atomic E-state index is 0.131. The molecule has 1 heterocycles. The van der Waals surface area contributed by atoms with Gasteiger partial charge >= 0.3 is 5.97 Å². The van der Waals surface area contributed by atoms with Gasteiger partial charge in [0.15, 0.2) is 0 Å². The monoisotopic (exact) mass is 380 g/mol. The van der Waals surface area contributed by atoms with Gasteiger partial charge in [-0.15, -0.1) is 0 Å². The third-order valence-corrected chi connectivity index (χ3v) is 6.01. The van der Waals surface area contributed by atoms with E-state index in [0.717, 1.165) is 18.7 Å². The van der Waals surface area contributed by atoms with Crippen molar-refractivity contribution in [2.45, 2.75) is 65.5 Å². The van der Waals surface area contributed by atoms with Crippen molar-refractivity contribution in [1.29, 1.82) is 0 Å². The maximum Gasteiger partial charge on any atom is 0.335 e. The highest BCUT2D eigenvalue weighted by Gasteiger charge is 2.33. The zero-order chi connectivity index (χ0) is 20.6. The highest BCUT2D eigenvalue weighted by molar-refractivity contribution is 5.88. The first-order valence-corrected chi connectivity index (χ1v) is 10.1. The second-order valence-corrected chi connectivity index (χ2v) is 8.90. The Labute approximate surface area is 168 Å². The summed E-state index contributed by atoms with van der Waals surface area (Å²) in [5, 5.41) is 12.6. The largest absolute Gasteiger partial charge is 0.478 e. The summed E-state index contributed by atoms with van der Waals surface area (Å²) in [5.41, 5.74) is 6.75. The number of anilines is 2. The predicted molar refractivity (Wildman–Crippen MR) is 117 cm³/mol. The van der Waals surface area contributed by atoms with Crippen LogP contribution in [-0.4, -0.2) is 23.7 Å². The Morgan fingerprint density at radius 2 is 1.79 bits per heavy atom. The van der Waals surface area contributed by atoms with E-state index in [0.29, 0.717) is 11.6 Å². The number of carbonyl (C=O) groups is 1. The van der Waals surface area contributed by atoms with Crippen molar-refractivity contribution >= 4 is 17.3 Å². The molecular weight excluding hydrogens is 348 g/mol. The lowest BCUT2D eigenvalue weighted by molar-refractivity contribution is 0.0697. The summed E-state index contributed by atoms with van der Waals surface area (Å²) in [5.74, 6) is -0.901. The maximum atomic E-state index is 11.0. The van der Waals surface area contributed by atoms with Crippen LogP contribution in [0, 0.1) is 6.92 Å². The predicted octanol–water partition coefficient (Wildman–Crippen LogP) is 5.76. The molecule has 1 aliphatic rings. The molecule has 0 radical (unpaired) electrons. The lowest BCUT2D eigenvalue weighted by atomic mass is 9.75. The first-order chi connectivity index (χ1) is 13.1. The number of fused-ring (bicyclic) bond motifs is 1. The van der Waals surface area contributed by atoms with Crippen molar-refractivity contribution in [3.8, 4) is 0 Å². The van der Waals surface area contributed by atoms with Crippen LogP contribution >= 0.6 is 0 Å². The normalized spacial score (nSPS) is 16.6. The van der Waals surface area contributed by atoms with Crippen molar-refractivity contribution in [1.82, 2.24) is 0 Å². The van der Waals surface area contributed by atoms with E-state index >= 15 is 0 Å². The van der Waals surface area contributed by atoms with Crippen molar-refractivity contribution in [3.63, 3.8) is 0 Å². The van der Waals surface area contributed by atoms with Gasteiger partial charge in [-0.1, -0.05) is 19.9 Å². The summed E-state index contributed by atoms with van der Waals surface area (Å²) in [7, 11) is 0. The zero-order valence-corrected chi connectivity index (χ0v) is 17.8. The number of benzene rings is 2. The van der Waals surface area contributed by atoms with Gasteiger partial charge in [0.2, 0.25) is 0 Å². The van der Waals surface area contributed by atoms with Gasteiger partial charge in [-0.05, 0) is 86.6 Å². The lowest BCUT2D eigenvalue weighted by Crippen LogP contribution is -2.41. The number of rotatable bonds is 5. The molecule has 1 aliphatic heterocycles. The van der Waals surface area contributed by atoms with Crippen LogP contribution in [0.3, 0.4) is 0 Å². The third kappa shape index (κ3) is 3.87. The average molecular weight is 381 g/mol. The second kappa shape index (κ2) is 7.50. The number of carboxylic acids is 1. The number of hydrogen-bond acceptors (Lipinski definition) is 3. The Hall–Kier alpha value is -2.49. The van der Waals surface area contributed by atoms with Crippen molar-refractivity contribution in [3.05, 3.63) is 58.7 Å². The van der Waals surface area contributed by atoms with E-state index in [1.807, 2.05) is 12.1 Å². The Morgan fingerprint density at radius 3 is 2.36 bits per heavy atom. The van der Waals surface area contributed by atoms with E-state index in [-0.39, 0.29) is 11.5 Å². The molecule has 3 rings (SSSR count). The van der Waals surface area contributed by atoms with E-state index < -0.39 is 5.97 Å². The minimum Gasteiger partial charge on any atom is -0.478 e. The van der Waals surface area contributed by atoms with Gasteiger partial charge in [0.05, 0.1) is 5.56 Å². The average Bonchev–Trinajstić information content (AvgIpc) is 2.61. The molecule has 2 aromatic carbocycles. The van der Waals surface area contributed by atoms with Crippen molar-refractivity contribution in [2.75, 3.05) is 16.8 Å². The third-order valence-electron chi connectivity index (χ3n) is 6.01. The van der Waals surface area contributed by atoms with Gasteiger partial charge in [0.25, 0.3) is 0 Å². The fourth-order valence-corrected chi connectivity index (χ4v) is 4.18. The van der Waals surface area contributed by atoms with Crippen LogP contribution < -0.4 is 10.2 Å². The molecule has 0 amide bonds. The van der Waals surface area contributed by atoms with Crippen LogP contribution in [0.2, 0.25) is 0 Å². The summed E-state index contributed by atoms with van der Waals surface area (Å²) in [4.78, 5) is 13.6. The Morgan fingerprint density at radius 1 is 1.14 bits per heavy atom. The van der Waals surface area contributed by atoms with E-state index in [1.165, 1.54) is 22.4 Å². The molecule has 150 valence electrons. The minimum atomic E-state index is -0.901. The molecule has 0 saturated heterocycles. The van der Waals surface area contributed by atoms with E-state index in [2.05, 4.69) is 63.9 Å². The first-order valence-electron chi connectivity index (χ1n) is 10.1. The molecule has 1 atom stereocenters. The molecule has 1 unspecified atom stereocenters. The number of aryl methyl sites for hydroxylation is 1. The molecule has 0 aromatic heterocycles. The van der Waals surface area contributed by atoms with Gasteiger partial charge in [0.1, 0.15) is 0 Å². The van der Waals surface area contributed by atoms with Crippen LogP contribution in [-0.2, 0) is 5.41 Å². The van der Waals surface area contributed by atoms with Crippen LogP contribution in [0.1, 0.15) is 74.1 Å². The molecule has 0 spiro atoms. The molecule has 0 aliphatic carbocycles. The zero-order valence-electron chi connectivity index (χ0n) is 17.8. The van der Waals surface area contributed by atoms with Crippen molar-refractivity contribution in [2.24, 2.45) is 0 Å². The van der Waals surface area contributed by atoms with Crippen LogP contribution in [0.25, 0.3) is 0 Å². The fraction of sp³-hybridized carbons (Fsp3) is 0.458. The van der Waals surface area contributed by atoms with Gasteiger partial charge in [-0.25, -0.2) is 4.79 Å². The smallest absolute Gasteiger partial charge is 0.335 e. The Kier molecular flexibility index (Phi) is 5.42. The Bertz CT molecular complexity index is 869. The molecule has 0 saturated carbocycles. The number of carboxylic acid groups (broad SMARTS) is 1. The SMILES string of the molecule is Cc1cc2c(cc1C(C)Nc1ccc(C(=O)O)cc1)C(C)(C)CCN2C(C)C. The van der Waals surface area contributed by atoms with Gasteiger partial charge in [0, 0.05) is 30.0 Å². The summed E-state index contributed by atoms with van der Waals surface area (Å²) in [6.07, 6.45) is 1.15. The number of aromatic carboxylic acids is 1. The fourth-order valence-electron chi connectivity index (χ4n) is 4.18. The van der Waals surface area contributed by atoms with E-state index in [9.17, 15) is 4.79 Å². The summed E-state index contributed by atoms with van der Waals surface area (Å²) in [6.45, 7) is 14.6. The number of nitrogens with zero attached hydrogens (tertiary/aromatic N) is 1. The van der Waals surface area contributed by atoms with Gasteiger partial charge in [-0.2, -0.15) is 0 Å². The lowest BCUT2D eigenvalue weighted by Gasteiger charge is -2.43. The second-order valence-electron chi connectivity index (χ2n) is 8.90. The quantitative estimate of drug-likeness (QED) is 0.692. The Balaban J connectivity index is 1.93. The van der Waals surface area contributed by atoms with Gasteiger partial charge in [-0.3, -0.25) is 0 Å². The number of hydrogen-bond donors (Lipinski definition) is 2. The summed E-state index contributed by atoms with van der Waals surface area (Å²) < 4.78 is 0. The molecule has 28 heavy (non-hydrogen) atoms. The topological polar surface area (TPSA) is 52.6 Å². The number of nitrogens with one attached hydrogen (secondary N) is 1. The van der Waals surface area contributed by atoms with E-state index in [4.69, 9.17) is 5.11 Å². The molecule has 4 nitrogen and oxygen atoms in total. The molecule has 4 heteroatoms. The molecular formula is C24H32N2O2. The van der Waals surface area contributed by atoms with Gasteiger partial charge < -0.3 is 15.3 Å². The first kappa shape index (κ1) is 20.2. The summed E-state index contributed by atoms with van der Waals surface area (Å²) in [6, 6.07) is 12.3. The molecule has 2 aromatic rings. The highest BCUT2D eigenvalue weighted by Crippen LogP contribution is 2.43. The van der Waals surface area contributed by atoms with E-state index in [1.54, 1.807) is 12.1 Å². The summed E-state index contributed by atoms with van der Waals surface area (Å²) >= 11 is 0. The van der Waals surface area contributed by atoms with Crippen LogP contribution in [0.15, 0.2) is 36.4 Å². The molecule has 0 fully saturated rings. The molecule has 2 N–H and O–H groups in total. The van der Waals surface area contributed by atoms with Crippen LogP contribution in [0.5, 0.6) is 0 Å². The molecule has 0 bridgehead atoms.